The zero-order chi connectivity index (χ0) is 27.6. The van der Waals surface area contributed by atoms with Crippen LogP contribution in [0.25, 0.3) is 0 Å². The highest BCUT2D eigenvalue weighted by Crippen LogP contribution is 2.43. The zero-order valence-electron chi connectivity index (χ0n) is 22.0. The Morgan fingerprint density at radius 1 is 1.26 bits per heavy atom. The van der Waals surface area contributed by atoms with Crippen LogP contribution in [0.4, 0.5) is 10.2 Å². The van der Waals surface area contributed by atoms with Crippen molar-refractivity contribution >= 4 is 41.0 Å². The summed E-state index contributed by atoms with van der Waals surface area (Å²) in [5, 5.41) is 6.71. The molecule has 0 spiro atoms. The smallest absolute Gasteiger partial charge is 0.291 e. The number of alkyl halides is 2. The molecule has 0 unspecified atom stereocenters. The minimum absolute atomic E-state index is 0.0849. The second kappa shape index (κ2) is 11.4. The number of hydrogen-bond donors (Lipinski definition) is 3. The van der Waals surface area contributed by atoms with Crippen molar-refractivity contribution in [3.63, 3.8) is 0 Å². The largest absolute Gasteiger partial charge is 0.358 e. The van der Waals surface area contributed by atoms with E-state index in [0.29, 0.717) is 25.3 Å². The summed E-state index contributed by atoms with van der Waals surface area (Å²) in [6.45, 7) is 6.46. The van der Waals surface area contributed by atoms with E-state index in [2.05, 4.69) is 21.0 Å². The maximum absolute atomic E-state index is 14.0. The molecule has 2 aliphatic heterocycles. The van der Waals surface area contributed by atoms with E-state index < -0.39 is 40.9 Å². The first-order chi connectivity index (χ1) is 18.0. The average Bonchev–Trinajstić information content (AvgIpc) is 3.57. The normalized spacial score (nSPS) is 26.3. The summed E-state index contributed by atoms with van der Waals surface area (Å²) >= 11 is 5.44. The summed E-state index contributed by atoms with van der Waals surface area (Å²) in [5.74, 6) is -2.23. The number of hydrazine groups is 1. The lowest BCUT2D eigenvalue weighted by molar-refractivity contribution is -0.149. The first-order valence-electron chi connectivity index (χ1n) is 13.1. The van der Waals surface area contributed by atoms with Crippen molar-refractivity contribution in [1.82, 2.24) is 25.6 Å². The molecule has 38 heavy (non-hydrogen) atoms. The first kappa shape index (κ1) is 28.1. The molecule has 2 saturated heterocycles. The SMILES string of the molecule is CC(C)(C)[C@H](Nc1ccccn1)C(=O)N1C[C@@H]2CCC[C@@H]2[C@H]1C(=O)NN(C[C@@H]1CCNC1=O)C(=O)[C@H](F)Cl. The van der Waals surface area contributed by atoms with E-state index >= 15 is 0 Å². The second-order valence-electron chi connectivity index (χ2n) is 11.5. The lowest BCUT2D eigenvalue weighted by Crippen LogP contribution is -2.59. The fraction of sp³-hybridized carbons (Fsp3) is 0.654. The molecule has 3 aliphatic rings. The van der Waals surface area contributed by atoms with Gasteiger partial charge in [0, 0.05) is 19.3 Å². The van der Waals surface area contributed by atoms with Crippen LogP contribution in [-0.4, -0.2) is 75.9 Å². The number of aromatic nitrogens is 1. The molecule has 3 N–H and O–H groups in total. The molecule has 0 radical (unpaired) electrons. The highest BCUT2D eigenvalue weighted by atomic mass is 35.5. The van der Waals surface area contributed by atoms with Gasteiger partial charge in [0.1, 0.15) is 17.9 Å². The van der Waals surface area contributed by atoms with Gasteiger partial charge in [-0.3, -0.25) is 24.6 Å². The van der Waals surface area contributed by atoms with Gasteiger partial charge in [-0.2, -0.15) is 0 Å². The van der Waals surface area contributed by atoms with E-state index in [1.165, 1.54) is 0 Å². The fourth-order valence-corrected chi connectivity index (χ4v) is 5.94. The number of carbonyl (C=O) groups excluding carboxylic acids is 4. The van der Waals surface area contributed by atoms with Crippen LogP contribution in [0.15, 0.2) is 24.4 Å². The molecule has 0 aromatic carbocycles. The first-order valence-corrected chi connectivity index (χ1v) is 13.6. The summed E-state index contributed by atoms with van der Waals surface area (Å²) in [4.78, 5) is 58.3. The Kier molecular flexibility index (Phi) is 8.44. The van der Waals surface area contributed by atoms with Crippen LogP contribution < -0.4 is 16.1 Å². The second-order valence-corrected chi connectivity index (χ2v) is 11.8. The Labute approximate surface area is 227 Å². The van der Waals surface area contributed by atoms with Gasteiger partial charge >= 0.3 is 0 Å². The summed E-state index contributed by atoms with van der Waals surface area (Å²) in [5.41, 5.74) is -0.364. The van der Waals surface area contributed by atoms with Crippen LogP contribution in [0.2, 0.25) is 0 Å². The molecule has 1 aliphatic carbocycles. The van der Waals surface area contributed by atoms with Crippen molar-refractivity contribution in [1.29, 1.82) is 0 Å². The molecule has 6 atom stereocenters. The van der Waals surface area contributed by atoms with Crippen LogP contribution in [-0.2, 0) is 19.2 Å². The van der Waals surface area contributed by atoms with Gasteiger partial charge in [0.25, 0.3) is 17.4 Å². The Balaban J connectivity index is 1.58. The topological polar surface area (TPSA) is 124 Å². The number of nitrogens with zero attached hydrogens (tertiary/aromatic N) is 3. The van der Waals surface area contributed by atoms with E-state index in [4.69, 9.17) is 11.6 Å². The van der Waals surface area contributed by atoms with Gasteiger partial charge in [-0.1, -0.05) is 44.9 Å². The van der Waals surface area contributed by atoms with Crippen molar-refractivity contribution in [2.45, 2.75) is 64.2 Å². The maximum atomic E-state index is 14.0. The molecule has 208 valence electrons. The number of carbonyl (C=O) groups is 4. The number of fused-ring (bicyclic) bond motifs is 1. The standard InChI is InChI=1S/C26H36ClFN6O4/c1-26(2,3)20(31-18-9-4-5-11-29-18)24(37)33-13-15-7-6-8-17(15)19(33)23(36)32-34(25(38)21(27)28)14-16-10-12-30-22(16)35/h4-5,9,11,15-17,19-21H,6-8,10,12-14H2,1-3H3,(H,29,31)(H,30,35)(H,32,36)/t15-,16-,17-,19-,20+,21-/m0/s1. The number of likely N-dealkylation sites (tertiary alicyclic amines) is 1. The molecule has 10 nitrogen and oxygen atoms in total. The van der Waals surface area contributed by atoms with Crippen molar-refractivity contribution in [2.24, 2.45) is 23.2 Å². The Morgan fingerprint density at radius 2 is 2.03 bits per heavy atom. The summed E-state index contributed by atoms with van der Waals surface area (Å²) in [6, 6.07) is 3.86. The van der Waals surface area contributed by atoms with Crippen molar-refractivity contribution < 1.29 is 23.6 Å². The molecular formula is C26H36ClFN6O4. The third-order valence-corrected chi connectivity index (χ3v) is 7.96. The molecule has 4 amide bonds. The highest BCUT2D eigenvalue weighted by molar-refractivity contribution is 6.29. The molecule has 3 fully saturated rings. The van der Waals surface area contributed by atoms with Gasteiger partial charge in [0.2, 0.25) is 11.8 Å². The monoisotopic (exact) mass is 550 g/mol. The molecular weight excluding hydrogens is 515 g/mol. The molecule has 1 aromatic heterocycles. The average molecular weight is 551 g/mol. The quantitative estimate of drug-likeness (QED) is 0.353. The molecule has 12 heteroatoms. The number of rotatable bonds is 7. The Bertz CT molecular complexity index is 1050. The van der Waals surface area contributed by atoms with E-state index in [1.807, 2.05) is 26.8 Å². The zero-order valence-corrected chi connectivity index (χ0v) is 22.7. The van der Waals surface area contributed by atoms with Gasteiger partial charge in [0.15, 0.2) is 0 Å². The lowest BCUT2D eigenvalue weighted by atomic mass is 9.85. The van der Waals surface area contributed by atoms with Gasteiger partial charge in [-0.05, 0) is 48.6 Å². The van der Waals surface area contributed by atoms with E-state index in [-0.39, 0.29) is 30.2 Å². The van der Waals surface area contributed by atoms with E-state index in [0.717, 1.165) is 24.3 Å². The van der Waals surface area contributed by atoms with Crippen LogP contribution in [0.3, 0.4) is 0 Å². The third kappa shape index (κ3) is 6.03. The van der Waals surface area contributed by atoms with Crippen LogP contribution in [0, 0.1) is 23.2 Å². The number of halogens is 2. The number of amides is 4. The summed E-state index contributed by atoms with van der Waals surface area (Å²) in [6.07, 6.45) is 4.68. The van der Waals surface area contributed by atoms with Crippen LogP contribution >= 0.6 is 11.6 Å². The Morgan fingerprint density at radius 3 is 2.63 bits per heavy atom. The minimum atomic E-state index is -2.38. The molecule has 4 rings (SSSR count). The molecule has 1 saturated carbocycles. The number of nitrogens with one attached hydrogen (secondary N) is 3. The molecule has 1 aromatic rings. The highest BCUT2D eigenvalue weighted by Gasteiger charge is 2.52. The predicted molar refractivity (Wildman–Crippen MR) is 139 cm³/mol. The van der Waals surface area contributed by atoms with Crippen LogP contribution in [0.5, 0.6) is 0 Å². The third-order valence-electron chi connectivity index (χ3n) is 7.78. The predicted octanol–water partition coefficient (Wildman–Crippen LogP) is 2.07. The summed E-state index contributed by atoms with van der Waals surface area (Å²) in [7, 11) is 0. The van der Waals surface area contributed by atoms with Gasteiger partial charge in [-0.15, -0.1) is 0 Å². The lowest BCUT2D eigenvalue weighted by Gasteiger charge is -2.37. The van der Waals surface area contributed by atoms with Crippen molar-refractivity contribution in [2.75, 3.05) is 25.0 Å². The maximum Gasteiger partial charge on any atom is 0.291 e. The number of hydrogen-bond acceptors (Lipinski definition) is 6. The van der Waals surface area contributed by atoms with E-state index in [1.54, 1.807) is 23.2 Å². The Hall–Kier alpha value is -2.95. The minimum Gasteiger partial charge on any atom is -0.358 e. The number of anilines is 1. The van der Waals surface area contributed by atoms with Crippen molar-refractivity contribution in [3.8, 4) is 0 Å². The van der Waals surface area contributed by atoms with Crippen LogP contribution in [0.1, 0.15) is 46.5 Å². The molecule has 3 heterocycles. The van der Waals surface area contributed by atoms with Gasteiger partial charge < -0.3 is 15.5 Å². The number of pyridine rings is 1. The molecule has 0 bridgehead atoms. The summed E-state index contributed by atoms with van der Waals surface area (Å²) < 4.78 is 13.9. The van der Waals surface area contributed by atoms with Gasteiger partial charge in [0.05, 0.1) is 12.5 Å². The van der Waals surface area contributed by atoms with Crippen molar-refractivity contribution in [3.05, 3.63) is 24.4 Å². The van der Waals surface area contributed by atoms with E-state index in [9.17, 15) is 23.6 Å². The fourth-order valence-electron chi connectivity index (χ4n) is 5.83. The van der Waals surface area contributed by atoms with Gasteiger partial charge in [-0.25, -0.2) is 14.4 Å².